The number of nitrogens with zero attached hydrogens (tertiary/aromatic N) is 1. The van der Waals surface area contributed by atoms with Gasteiger partial charge in [0.25, 0.3) is 10.0 Å². The number of benzene rings is 3. The Morgan fingerprint density at radius 1 is 1.00 bits per heavy atom. The Bertz CT molecular complexity index is 1120. The number of amides is 1. The first-order chi connectivity index (χ1) is 14.9. The van der Waals surface area contributed by atoms with Crippen molar-refractivity contribution < 1.29 is 17.9 Å². The molecule has 8 heteroatoms. The minimum atomic E-state index is -3.91. The van der Waals surface area contributed by atoms with Gasteiger partial charge in [-0.3, -0.25) is 9.10 Å². The predicted molar refractivity (Wildman–Crippen MR) is 125 cm³/mol. The second-order valence-corrected chi connectivity index (χ2v) is 9.59. The lowest BCUT2D eigenvalue weighted by atomic mass is 10.2. The van der Waals surface area contributed by atoms with Crippen LogP contribution in [0.15, 0.2) is 88.2 Å². The fourth-order valence-electron chi connectivity index (χ4n) is 2.89. The number of aryl methyl sites for hydroxylation is 1. The third-order valence-corrected chi connectivity index (χ3v) is 6.73. The van der Waals surface area contributed by atoms with E-state index >= 15 is 0 Å². The zero-order valence-electron chi connectivity index (χ0n) is 17.0. The van der Waals surface area contributed by atoms with E-state index in [0.717, 1.165) is 20.1 Å². The molecule has 0 saturated heterocycles. The van der Waals surface area contributed by atoms with Gasteiger partial charge in [0.05, 0.1) is 17.1 Å². The molecule has 0 aliphatic carbocycles. The van der Waals surface area contributed by atoms with Crippen molar-refractivity contribution in [1.29, 1.82) is 0 Å². The summed E-state index contributed by atoms with van der Waals surface area (Å²) in [5, 5.41) is 2.72. The van der Waals surface area contributed by atoms with Crippen LogP contribution in [-0.4, -0.2) is 34.0 Å². The van der Waals surface area contributed by atoms with Crippen molar-refractivity contribution >= 4 is 37.5 Å². The van der Waals surface area contributed by atoms with E-state index < -0.39 is 15.9 Å². The lowest BCUT2D eigenvalue weighted by Gasteiger charge is -2.24. The van der Waals surface area contributed by atoms with E-state index in [4.69, 9.17) is 4.74 Å². The number of carbonyl (C=O) groups excluding carboxylic acids is 1. The highest BCUT2D eigenvalue weighted by Gasteiger charge is 2.26. The van der Waals surface area contributed by atoms with Gasteiger partial charge >= 0.3 is 0 Å². The summed E-state index contributed by atoms with van der Waals surface area (Å²) in [6, 6.07) is 22.4. The number of anilines is 1. The van der Waals surface area contributed by atoms with Crippen LogP contribution in [-0.2, 0) is 14.8 Å². The molecule has 31 heavy (non-hydrogen) atoms. The number of halogens is 1. The highest BCUT2D eigenvalue weighted by Crippen LogP contribution is 2.25. The minimum Gasteiger partial charge on any atom is -0.492 e. The van der Waals surface area contributed by atoms with Crippen LogP contribution in [0.5, 0.6) is 5.75 Å². The topological polar surface area (TPSA) is 75.7 Å². The summed E-state index contributed by atoms with van der Waals surface area (Å²) in [6.45, 7) is 2.16. The van der Waals surface area contributed by atoms with E-state index in [1.165, 1.54) is 12.1 Å². The van der Waals surface area contributed by atoms with Crippen LogP contribution in [0.25, 0.3) is 0 Å². The number of sulfonamides is 1. The SMILES string of the molecule is Cc1cccc(OCCNC(=O)CN(c2ccc(Br)cc2)S(=O)(=O)c2ccccc2)c1. The van der Waals surface area contributed by atoms with Crippen LogP contribution in [0.4, 0.5) is 5.69 Å². The van der Waals surface area contributed by atoms with E-state index in [2.05, 4.69) is 21.2 Å². The molecule has 3 aromatic rings. The molecular formula is C23H23BrN2O4S. The van der Waals surface area contributed by atoms with Crippen molar-refractivity contribution in [2.45, 2.75) is 11.8 Å². The molecule has 0 fully saturated rings. The highest BCUT2D eigenvalue weighted by atomic mass is 79.9. The van der Waals surface area contributed by atoms with Gasteiger partial charge in [0, 0.05) is 4.47 Å². The fraction of sp³-hybridized carbons (Fsp3) is 0.174. The van der Waals surface area contributed by atoms with Gasteiger partial charge in [-0.25, -0.2) is 8.42 Å². The predicted octanol–water partition coefficient (Wildman–Crippen LogP) is 4.15. The van der Waals surface area contributed by atoms with Gasteiger partial charge in [-0.15, -0.1) is 0 Å². The Morgan fingerprint density at radius 2 is 1.71 bits per heavy atom. The maximum atomic E-state index is 13.2. The van der Waals surface area contributed by atoms with Crippen LogP contribution in [0.2, 0.25) is 0 Å². The summed E-state index contributed by atoms with van der Waals surface area (Å²) in [7, 11) is -3.91. The maximum absolute atomic E-state index is 13.2. The van der Waals surface area contributed by atoms with Crippen molar-refractivity contribution in [2.24, 2.45) is 0 Å². The monoisotopic (exact) mass is 502 g/mol. The molecule has 0 aliphatic rings. The molecule has 0 atom stereocenters. The number of hydrogen-bond donors (Lipinski definition) is 1. The van der Waals surface area contributed by atoms with Gasteiger partial charge in [0.2, 0.25) is 5.91 Å². The number of carbonyl (C=O) groups is 1. The zero-order valence-corrected chi connectivity index (χ0v) is 19.4. The normalized spacial score (nSPS) is 11.0. The molecule has 0 saturated carbocycles. The second-order valence-electron chi connectivity index (χ2n) is 6.82. The van der Waals surface area contributed by atoms with Gasteiger partial charge < -0.3 is 10.1 Å². The maximum Gasteiger partial charge on any atom is 0.264 e. The van der Waals surface area contributed by atoms with Crippen LogP contribution >= 0.6 is 15.9 Å². The van der Waals surface area contributed by atoms with Crippen molar-refractivity contribution in [3.05, 3.63) is 88.9 Å². The first kappa shape index (κ1) is 22.8. The first-order valence-electron chi connectivity index (χ1n) is 9.66. The molecule has 1 amide bonds. The third-order valence-electron chi connectivity index (χ3n) is 4.42. The van der Waals surface area contributed by atoms with Gasteiger partial charge in [-0.05, 0) is 61.0 Å². The molecule has 0 bridgehead atoms. The van der Waals surface area contributed by atoms with Gasteiger partial charge in [0.15, 0.2) is 0 Å². The Hall–Kier alpha value is -2.84. The molecule has 0 heterocycles. The van der Waals surface area contributed by atoms with Crippen LogP contribution in [0.1, 0.15) is 5.56 Å². The van der Waals surface area contributed by atoms with E-state index in [0.29, 0.717) is 5.69 Å². The van der Waals surface area contributed by atoms with Gasteiger partial charge in [-0.1, -0.05) is 46.3 Å². The van der Waals surface area contributed by atoms with E-state index in [1.54, 1.807) is 42.5 Å². The molecular weight excluding hydrogens is 480 g/mol. The standard InChI is InChI=1S/C23H23BrN2O4S/c1-18-6-5-7-21(16-18)30-15-14-25-23(27)17-26(20-12-10-19(24)11-13-20)31(28,29)22-8-3-2-4-9-22/h2-13,16H,14-15,17H2,1H3,(H,25,27). The second kappa shape index (κ2) is 10.5. The third kappa shape index (κ3) is 6.32. The quantitative estimate of drug-likeness (QED) is 0.446. The molecule has 0 aliphatic heterocycles. The summed E-state index contributed by atoms with van der Waals surface area (Å²) in [5.74, 6) is 0.299. The lowest BCUT2D eigenvalue weighted by molar-refractivity contribution is -0.119. The molecule has 0 radical (unpaired) electrons. The minimum absolute atomic E-state index is 0.119. The summed E-state index contributed by atoms with van der Waals surface area (Å²) in [6.07, 6.45) is 0. The summed E-state index contributed by atoms with van der Waals surface area (Å²) >= 11 is 3.35. The van der Waals surface area contributed by atoms with Crippen molar-refractivity contribution in [3.8, 4) is 5.75 Å². The lowest BCUT2D eigenvalue weighted by Crippen LogP contribution is -2.41. The molecule has 1 N–H and O–H groups in total. The van der Waals surface area contributed by atoms with Gasteiger partial charge in [0.1, 0.15) is 18.9 Å². The first-order valence-corrected chi connectivity index (χ1v) is 11.9. The smallest absolute Gasteiger partial charge is 0.264 e. The molecule has 0 aromatic heterocycles. The van der Waals surface area contributed by atoms with E-state index in [-0.39, 0.29) is 24.6 Å². The van der Waals surface area contributed by atoms with E-state index in [9.17, 15) is 13.2 Å². The largest absolute Gasteiger partial charge is 0.492 e. The number of hydrogen-bond acceptors (Lipinski definition) is 4. The average Bonchev–Trinajstić information content (AvgIpc) is 2.76. The molecule has 0 unspecified atom stereocenters. The molecule has 162 valence electrons. The summed E-state index contributed by atoms with van der Waals surface area (Å²) in [5.41, 5.74) is 1.48. The van der Waals surface area contributed by atoms with Crippen LogP contribution in [0, 0.1) is 6.92 Å². The number of rotatable bonds is 9. The molecule has 0 spiro atoms. The number of ether oxygens (including phenoxy) is 1. The van der Waals surface area contributed by atoms with Crippen molar-refractivity contribution in [1.82, 2.24) is 5.32 Å². The molecule has 3 aromatic carbocycles. The number of nitrogens with one attached hydrogen (secondary N) is 1. The van der Waals surface area contributed by atoms with Gasteiger partial charge in [-0.2, -0.15) is 0 Å². The zero-order chi connectivity index (χ0) is 22.3. The molecule has 6 nitrogen and oxygen atoms in total. The van der Waals surface area contributed by atoms with Crippen LogP contribution in [0.3, 0.4) is 0 Å². The Balaban J connectivity index is 1.68. The van der Waals surface area contributed by atoms with E-state index in [1.807, 2.05) is 31.2 Å². The van der Waals surface area contributed by atoms with Crippen molar-refractivity contribution in [2.75, 3.05) is 24.0 Å². The Labute approximate surface area is 191 Å². The Morgan fingerprint density at radius 3 is 2.39 bits per heavy atom. The van der Waals surface area contributed by atoms with Crippen LogP contribution < -0.4 is 14.4 Å². The fourth-order valence-corrected chi connectivity index (χ4v) is 4.60. The average molecular weight is 503 g/mol. The Kier molecular flexibility index (Phi) is 7.70. The molecule has 3 rings (SSSR count). The summed E-state index contributed by atoms with van der Waals surface area (Å²) in [4.78, 5) is 12.7. The van der Waals surface area contributed by atoms with Crippen molar-refractivity contribution in [3.63, 3.8) is 0 Å². The summed E-state index contributed by atoms with van der Waals surface area (Å²) < 4.78 is 34.0. The highest BCUT2D eigenvalue weighted by molar-refractivity contribution is 9.10.